The Morgan fingerprint density at radius 2 is 1.81 bits per heavy atom. The molecule has 0 bridgehead atoms. The van der Waals surface area contributed by atoms with Crippen molar-refractivity contribution in [3.63, 3.8) is 0 Å². The van der Waals surface area contributed by atoms with Crippen molar-refractivity contribution < 1.29 is 27.4 Å². The van der Waals surface area contributed by atoms with E-state index in [1.807, 2.05) is 0 Å². The summed E-state index contributed by atoms with van der Waals surface area (Å²) in [4.78, 5) is 18.8. The molecule has 4 heterocycles. The molecule has 196 valence electrons. The first kappa shape index (κ1) is 24.9. The Morgan fingerprint density at radius 3 is 2.51 bits per heavy atom. The first-order valence-electron chi connectivity index (χ1n) is 11.9. The SMILES string of the molecule is COc1ccc([C@@H]2C[C@H](C(F)(F)F)n3nc(-c4ccnc(C(=O)N5CCNCC5)c4)cc3N2)cc1OC. The Labute approximate surface area is 211 Å². The normalized spacial score (nSPS) is 19.6. The van der Waals surface area contributed by atoms with E-state index < -0.39 is 18.3 Å². The van der Waals surface area contributed by atoms with Crippen LogP contribution in [0.25, 0.3) is 11.3 Å². The Morgan fingerprint density at radius 1 is 1.05 bits per heavy atom. The predicted octanol–water partition coefficient (Wildman–Crippen LogP) is 3.67. The number of pyridine rings is 1. The Balaban J connectivity index is 1.47. The van der Waals surface area contributed by atoms with Gasteiger partial charge in [-0.2, -0.15) is 18.3 Å². The van der Waals surface area contributed by atoms with Gasteiger partial charge >= 0.3 is 6.18 Å². The van der Waals surface area contributed by atoms with Gasteiger partial charge in [-0.1, -0.05) is 6.07 Å². The summed E-state index contributed by atoms with van der Waals surface area (Å²) in [6.07, 6.45) is -3.29. The summed E-state index contributed by atoms with van der Waals surface area (Å²) in [6.45, 7) is 2.53. The number of carbonyl (C=O) groups excluding carboxylic acids is 1. The maximum atomic E-state index is 14.2. The van der Waals surface area contributed by atoms with Gasteiger partial charge in [0.2, 0.25) is 0 Å². The summed E-state index contributed by atoms with van der Waals surface area (Å²) >= 11 is 0. The zero-order valence-corrected chi connectivity index (χ0v) is 20.4. The third-order valence-electron chi connectivity index (χ3n) is 6.68. The van der Waals surface area contributed by atoms with E-state index in [4.69, 9.17) is 9.47 Å². The van der Waals surface area contributed by atoms with Gasteiger partial charge in [0.25, 0.3) is 5.91 Å². The molecule has 1 amide bonds. The maximum Gasteiger partial charge on any atom is 0.410 e. The molecule has 0 radical (unpaired) electrons. The number of benzene rings is 1. The van der Waals surface area contributed by atoms with Crippen molar-refractivity contribution in [3.8, 4) is 22.8 Å². The van der Waals surface area contributed by atoms with E-state index in [0.717, 1.165) is 4.68 Å². The number of hydrogen-bond donors (Lipinski definition) is 2. The van der Waals surface area contributed by atoms with Gasteiger partial charge in [0.05, 0.1) is 26.0 Å². The molecule has 2 N–H and O–H groups in total. The highest BCUT2D eigenvalue weighted by Gasteiger charge is 2.46. The molecule has 12 heteroatoms. The van der Waals surface area contributed by atoms with Gasteiger partial charge in [-0.25, -0.2) is 4.68 Å². The third-order valence-corrected chi connectivity index (χ3v) is 6.68. The molecule has 0 spiro atoms. The minimum absolute atomic E-state index is 0.216. The number of aromatic nitrogens is 3. The van der Waals surface area contributed by atoms with Crippen LogP contribution in [0.15, 0.2) is 42.6 Å². The number of fused-ring (bicyclic) bond motifs is 1. The number of anilines is 1. The number of ether oxygens (including phenoxy) is 2. The van der Waals surface area contributed by atoms with E-state index in [9.17, 15) is 18.0 Å². The summed E-state index contributed by atoms with van der Waals surface area (Å²) < 4.78 is 54.1. The molecule has 2 aliphatic heterocycles. The smallest absolute Gasteiger partial charge is 0.410 e. The van der Waals surface area contributed by atoms with Crippen molar-refractivity contribution in [2.45, 2.75) is 24.7 Å². The lowest BCUT2D eigenvalue weighted by Gasteiger charge is -2.33. The van der Waals surface area contributed by atoms with Gasteiger partial charge in [0.15, 0.2) is 17.5 Å². The van der Waals surface area contributed by atoms with Crippen LogP contribution in [0.3, 0.4) is 0 Å². The van der Waals surface area contributed by atoms with Crippen LogP contribution in [-0.4, -0.2) is 72.1 Å². The van der Waals surface area contributed by atoms with Crippen molar-refractivity contribution in [1.82, 2.24) is 25.0 Å². The number of nitrogens with one attached hydrogen (secondary N) is 2. The molecule has 2 aliphatic rings. The quantitative estimate of drug-likeness (QED) is 0.535. The van der Waals surface area contributed by atoms with Crippen molar-refractivity contribution in [2.24, 2.45) is 0 Å². The lowest BCUT2D eigenvalue weighted by atomic mass is 9.96. The lowest BCUT2D eigenvalue weighted by Crippen LogP contribution is -2.46. The number of piperazine rings is 1. The summed E-state index contributed by atoms with van der Waals surface area (Å²) in [6, 6.07) is 7.38. The van der Waals surface area contributed by atoms with E-state index in [-0.39, 0.29) is 23.8 Å². The average molecular weight is 517 g/mol. The number of rotatable bonds is 5. The Hall–Kier alpha value is -3.80. The summed E-state index contributed by atoms with van der Waals surface area (Å²) in [7, 11) is 2.98. The van der Waals surface area contributed by atoms with Crippen LogP contribution in [0.1, 0.15) is 34.6 Å². The Bertz CT molecular complexity index is 1290. The van der Waals surface area contributed by atoms with Crippen LogP contribution in [0.2, 0.25) is 0 Å². The average Bonchev–Trinajstić information content (AvgIpc) is 3.36. The van der Waals surface area contributed by atoms with Crippen molar-refractivity contribution >= 4 is 11.7 Å². The number of amides is 1. The molecule has 37 heavy (non-hydrogen) atoms. The van der Waals surface area contributed by atoms with Crippen LogP contribution in [0.4, 0.5) is 19.0 Å². The largest absolute Gasteiger partial charge is 0.493 e. The number of halogens is 3. The van der Waals surface area contributed by atoms with E-state index in [1.165, 1.54) is 20.4 Å². The molecule has 3 aromatic rings. The van der Waals surface area contributed by atoms with Crippen LogP contribution < -0.4 is 20.1 Å². The van der Waals surface area contributed by atoms with Crippen LogP contribution in [0.5, 0.6) is 11.5 Å². The first-order chi connectivity index (χ1) is 17.8. The second-order valence-electron chi connectivity index (χ2n) is 8.94. The van der Waals surface area contributed by atoms with Crippen LogP contribution in [-0.2, 0) is 0 Å². The minimum atomic E-state index is -4.52. The van der Waals surface area contributed by atoms with Crippen molar-refractivity contribution in [1.29, 1.82) is 0 Å². The van der Waals surface area contributed by atoms with Crippen LogP contribution >= 0.6 is 0 Å². The minimum Gasteiger partial charge on any atom is -0.493 e. The zero-order valence-electron chi connectivity index (χ0n) is 20.4. The molecule has 1 saturated heterocycles. The molecule has 2 aromatic heterocycles. The van der Waals surface area contributed by atoms with Gasteiger partial charge < -0.3 is 25.0 Å². The summed E-state index contributed by atoms with van der Waals surface area (Å²) in [5.41, 5.74) is 1.70. The maximum absolute atomic E-state index is 14.2. The van der Waals surface area contributed by atoms with Gasteiger partial charge in [0.1, 0.15) is 11.5 Å². The molecule has 0 saturated carbocycles. The van der Waals surface area contributed by atoms with Gasteiger partial charge in [0, 0.05) is 50.4 Å². The molecule has 5 rings (SSSR count). The number of alkyl halides is 3. The zero-order chi connectivity index (χ0) is 26.2. The van der Waals surface area contributed by atoms with Gasteiger partial charge in [-0.3, -0.25) is 9.78 Å². The number of methoxy groups -OCH3 is 2. The predicted molar refractivity (Wildman–Crippen MR) is 130 cm³/mol. The topological polar surface area (TPSA) is 93.5 Å². The molecule has 0 aliphatic carbocycles. The fraction of sp³-hybridized carbons (Fsp3) is 0.400. The first-order valence-corrected chi connectivity index (χ1v) is 11.9. The molecular formula is C25H27F3N6O3. The second kappa shape index (κ2) is 9.92. The summed E-state index contributed by atoms with van der Waals surface area (Å²) in [5.74, 6) is 0.941. The molecule has 1 fully saturated rings. The number of carbonyl (C=O) groups is 1. The molecule has 2 atom stereocenters. The molecular weight excluding hydrogens is 489 g/mol. The number of hydrogen-bond acceptors (Lipinski definition) is 7. The van der Waals surface area contributed by atoms with E-state index >= 15 is 0 Å². The van der Waals surface area contributed by atoms with Crippen molar-refractivity contribution in [2.75, 3.05) is 45.7 Å². The standard InChI is InChI=1S/C25H27F3N6O3/c1-36-20-4-3-15(12-21(20)37-2)17-13-22(25(26,27)28)34-23(31-17)14-18(32-34)16-5-6-30-19(11-16)24(35)33-9-7-29-8-10-33/h3-6,11-12,14,17,22,29,31H,7-10,13H2,1-2H3/t17-,22+/m0/s1. The van der Waals surface area contributed by atoms with Crippen molar-refractivity contribution in [3.05, 3.63) is 53.9 Å². The summed E-state index contributed by atoms with van der Waals surface area (Å²) in [5, 5.41) is 10.7. The van der Waals surface area contributed by atoms with Gasteiger partial charge in [-0.05, 0) is 29.8 Å². The van der Waals surface area contributed by atoms with E-state index in [1.54, 1.807) is 41.3 Å². The van der Waals surface area contributed by atoms with E-state index in [0.29, 0.717) is 54.5 Å². The highest BCUT2D eigenvalue weighted by atomic mass is 19.4. The number of nitrogens with zero attached hydrogens (tertiary/aromatic N) is 4. The van der Waals surface area contributed by atoms with Gasteiger partial charge in [-0.15, -0.1) is 0 Å². The lowest BCUT2D eigenvalue weighted by molar-refractivity contribution is -0.173. The highest BCUT2D eigenvalue weighted by Crippen LogP contribution is 2.45. The third kappa shape index (κ3) is 4.93. The van der Waals surface area contributed by atoms with E-state index in [2.05, 4.69) is 20.7 Å². The Kier molecular flexibility index (Phi) is 6.67. The monoisotopic (exact) mass is 516 g/mol. The van der Waals surface area contributed by atoms with Crippen LogP contribution in [0, 0.1) is 0 Å². The highest BCUT2D eigenvalue weighted by molar-refractivity contribution is 5.93. The fourth-order valence-electron chi connectivity index (χ4n) is 4.74. The molecule has 1 aromatic carbocycles. The second-order valence-corrected chi connectivity index (χ2v) is 8.94. The fourth-order valence-corrected chi connectivity index (χ4v) is 4.74. The molecule has 9 nitrogen and oxygen atoms in total. The molecule has 0 unspecified atom stereocenters.